The Hall–Kier alpha value is -3.46. The number of benzene rings is 1. The zero-order valence-electron chi connectivity index (χ0n) is 19.8. The lowest BCUT2D eigenvalue weighted by molar-refractivity contribution is 0.250. The molecule has 1 aliphatic rings. The van der Waals surface area contributed by atoms with Gasteiger partial charge in [-0.3, -0.25) is 5.32 Å². The highest BCUT2D eigenvalue weighted by Crippen LogP contribution is 2.23. The number of pyridine rings is 1. The number of rotatable bonds is 5. The second-order valence-electron chi connectivity index (χ2n) is 9.06. The van der Waals surface area contributed by atoms with Gasteiger partial charge >= 0.3 is 6.03 Å². The lowest BCUT2D eigenvalue weighted by Gasteiger charge is -2.37. The van der Waals surface area contributed by atoms with Crippen LogP contribution < -0.4 is 26.2 Å². The van der Waals surface area contributed by atoms with Crippen LogP contribution in [-0.2, 0) is 0 Å². The predicted octanol–water partition coefficient (Wildman–Crippen LogP) is 3.79. The standard InChI is InChI=1S/C24H32N8O/c1-14(2)26-24(33)31-21-15(3)10-18-11-25-23(30-22(18)29-21)28-19-6-8-20(9-7-19)32-12-16(4)27-17(5)13-32/h6-11,14,16-17,27H,12-13H2,1-5H3,(H3,25,26,28,29,30,31,33)/t16-,17+. The summed E-state index contributed by atoms with van der Waals surface area (Å²) in [5.74, 6) is 0.933. The van der Waals surface area contributed by atoms with Crippen LogP contribution in [0.15, 0.2) is 36.5 Å². The molecule has 9 nitrogen and oxygen atoms in total. The molecule has 3 heterocycles. The van der Waals surface area contributed by atoms with Gasteiger partial charge < -0.3 is 20.9 Å². The van der Waals surface area contributed by atoms with E-state index in [0.717, 1.165) is 29.7 Å². The van der Waals surface area contributed by atoms with Crippen LogP contribution >= 0.6 is 0 Å². The van der Waals surface area contributed by atoms with E-state index in [1.807, 2.05) is 39.0 Å². The molecule has 3 aromatic rings. The summed E-state index contributed by atoms with van der Waals surface area (Å²) in [5.41, 5.74) is 3.46. The van der Waals surface area contributed by atoms with E-state index in [9.17, 15) is 4.79 Å². The first kappa shape index (κ1) is 22.7. The molecule has 1 saturated heterocycles. The molecule has 4 rings (SSSR count). The average molecular weight is 449 g/mol. The quantitative estimate of drug-likeness (QED) is 0.470. The molecule has 0 spiro atoms. The SMILES string of the molecule is Cc1cc2cnc(Nc3ccc(N4C[C@@H](C)N[C@@H](C)C4)cc3)nc2nc1NC(=O)NC(C)C. The van der Waals surface area contributed by atoms with E-state index >= 15 is 0 Å². The van der Waals surface area contributed by atoms with E-state index in [1.165, 1.54) is 5.69 Å². The van der Waals surface area contributed by atoms with Gasteiger partial charge in [0.25, 0.3) is 0 Å². The summed E-state index contributed by atoms with van der Waals surface area (Å²) < 4.78 is 0. The van der Waals surface area contributed by atoms with Gasteiger partial charge in [-0.2, -0.15) is 4.98 Å². The Balaban J connectivity index is 1.49. The maximum atomic E-state index is 12.1. The highest BCUT2D eigenvalue weighted by molar-refractivity contribution is 5.91. The summed E-state index contributed by atoms with van der Waals surface area (Å²) in [6.45, 7) is 12.1. The van der Waals surface area contributed by atoms with Crippen LogP contribution in [0.2, 0.25) is 0 Å². The second-order valence-corrected chi connectivity index (χ2v) is 9.06. The predicted molar refractivity (Wildman–Crippen MR) is 133 cm³/mol. The van der Waals surface area contributed by atoms with E-state index in [4.69, 9.17) is 0 Å². The minimum atomic E-state index is -0.291. The number of aryl methyl sites for hydroxylation is 1. The van der Waals surface area contributed by atoms with Gasteiger partial charge in [-0.05, 0) is 70.5 Å². The van der Waals surface area contributed by atoms with Crippen molar-refractivity contribution in [2.75, 3.05) is 28.6 Å². The smallest absolute Gasteiger partial charge is 0.320 e. The van der Waals surface area contributed by atoms with E-state index in [0.29, 0.717) is 29.5 Å². The first-order chi connectivity index (χ1) is 15.8. The van der Waals surface area contributed by atoms with Crippen LogP contribution in [0.25, 0.3) is 11.0 Å². The van der Waals surface area contributed by atoms with Crippen molar-refractivity contribution in [1.82, 2.24) is 25.6 Å². The number of piperazine rings is 1. The van der Waals surface area contributed by atoms with E-state index < -0.39 is 0 Å². The molecular weight excluding hydrogens is 416 g/mol. The average Bonchev–Trinajstić information content (AvgIpc) is 2.74. The molecule has 9 heteroatoms. The number of amides is 2. The molecule has 1 aliphatic heterocycles. The molecular formula is C24H32N8O. The zero-order valence-corrected chi connectivity index (χ0v) is 19.8. The summed E-state index contributed by atoms with van der Waals surface area (Å²) in [5, 5.41) is 13.2. The van der Waals surface area contributed by atoms with Crippen molar-refractivity contribution in [3.8, 4) is 0 Å². The third-order valence-electron chi connectivity index (χ3n) is 5.46. The van der Waals surface area contributed by atoms with Crippen molar-refractivity contribution in [3.63, 3.8) is 0 Å². The minimum absolute atomic E-state index is 0.0358. The summed E-state index contributed by atoms with van der Waals surface area (Å²) in [6.07, 6.45) is 1.74. The van der Waals surface area contributed by atoms with Crippen molar-refractivity contribution in [3.05, 3.63) is 42.1 Å². The lowest BCUT2D eigenvalue weighted by Crippen LogP contribution is -2.54. The Morgan fingerprint density at radius 1 is 1.12 bits per heavy atom. The van der Waals surface area contributed by atoms with Gasteiger partial charge in [-0.15, -0.1) is 0 Å². The topological polar surface area (TPSA) is 107 Å². The number of hydrogen-bond donors (Lipinski definition) is 4. The fraction of sp³-hybridized carbons (Fsp3) is 0.417. The molecule has 2 atom stereocenters. The number of nitrogens with zero attached hydrogens (tertiary/aromatic N) is 4. The monoisotopic (exact) mass is 448 g/mol. The number of fused-ring (bicyclic) bond motifs is 1. The van der Waals surface area contributed by atoms with Gasteiger partial charge in [0.1, 0.15) is 5.82 Å². The third kappa shape index (κ3) is 5.67. The van der Waals surface area contributed by atoms with Crippen LogP contribution in [0.3, 0.4) is 0 Å². The van der Waals surface area contributed by atoms with Crippen molar-refractivity contribution in [2.45, 2.75) is 52.7 Å². The Kier molecular flexibility index (Phi) is 6.60. The number of anilines is 4. The van der Waals surface area contributed by atoms with Gasteiger partial charge in [0, 0.05) is 54.2 Å². The van der Waals surface area contributed by atoms with E-state index in [1.54, 1.807) is 6.20 Å². The third-order valence-corrected chi connectivity index (χ3v) is 5.46. The number of urea groups is 1. The molecule has 1 aromatic carbocycles. The normalized spacial score (nSPS) is 18.4. The molecule has 0 unspecified atom stereocenters. The van der Waals surface area contributed by atoms with Crippen LogP contribution in [0.4, 0.5) is 27.9 Å². The largest absolute Gasteiger partial charge is 0.368 e. The van der Waals surface area contributed by atoms with Crippen molar-refractivity contribution >= 4 is 40.2 Å². The van der Waals surface area contributed by atoms with Crippen molar-refractivity contribution in [1.29, 1.82) is 0 Å². The summed E-state index contributed by atoms with van der Waals surface area (Å²) >= 11 is 0. The maximum absolute atomic E-state index is 12.1. The van der Waals surface area contributed by atoms with Gasteiger partial charge in [0.15, 0.2) is 5.65 Å². The number of carbonyl (C=O) groups is 1. The highest BCUT2D eigenvalue weighted by atomic mass is 16.2. The summed E-state index contributed by atoms with van der Waals surface area (Å²) in [6, 6.07) is 10.9. The van der Waals surface area contributed by atoms with E-state index in [2.05, 4.69) is 67.1 Å². The Morgan fingerprint density at radius 3 is 2.48 bits per heavy atom. The molecule has 174 valence electrons. The molecule has 33 heavy (non-hydrogen) atoms. The van der Waals surface area contributed by atoms with Crippen molar-refractivity contribution < 1.29 is 4.79 Å². The Morgan fingerprint density at radius 2 is 1.82 bits per heavy atom. The Labute approximate surface area is 194 Å². The van der Waals surface area contributed by atoms with E-state index in [-0.39, 0.29) is 12.1 Å². The summed E-state index contributed by atoms with van der Waals surface area (Å²) in [7, 11) is 0. The lowest BCUT2D eigenvalue weighted by atomic mass is 10.1. The Bertz CT molecular complexity index is 1120. The molecule has 2 amide bonds. The highest BCUT2D eigenvalue weighted by Gasteiger charge is 2.21. The first-order valence-corrected chi connectivity index (χ1v) is 11.4. The number of carbonyl (C=O) groups excluding carboxylic acids is 1. The van der Waals surface area contributed by atoms with Gasteiger partial charge in [0.05, 0.1) is 0 Å². The molecule has 1 fully saturated rings. The van der Waals surface area contributed by atoms with Crippen molar-refractivity contribution in [2.24, 2.45) is 0 Å². The number of aromatic nitrogens is 3. The molecule has 0 aliphatic carbocycles. The van der Waals surface area contributed by atoms with Crippen LogP contribution in [-0.4, -0.2) is 52.2 Å². The number of nitrogens with one attached hydrogen (secondary N) is 4. The van der Waals surface area contributed by atoms with Gasteiger partial charge in [-0.1, -0.05) is 0 Å². The molecule has 2 aromatic heterocycles. The van der Waals surface area contributed by atoms with Crippen LogP contribution in [0, 0.1) is 6.92 Å². The number of hydrogen-bond acceptors (Lipinski definition) is 7. The molecule has 4 N–H and O–H groups in total. The molecule has 0 bridgehead atoms. The minimum Gasteiger partial charge on any atom is -0.368 e. The fourth-order valence-electron chi connectivity index (χ4n) is 4.08. The fourth-order valence-corrected chi connectivity index (χ4v) is 4.08. The van der Waals surface area contributed by atoms with Crippen LogP contribution in [0.5, 0.6) is 0 Å². The molecule has 0 radical (unpaired) electrons. The van der Waals surface area contributed by atoms with Crippen LogP contribution in [0.1, 0.15) is 33.3 Å². The summed E-state index contributed by atoms with van der Waals surface area (Å²) in [4.78, 5) is 28.0. The van der Waals surface area contributed by atoms with Gasteiger partial charge in [0.2, 0.25) is 5.95 Å². The molecule has 0 saturated carbocycles. The van der Waals surface area contributed by atoms with Gasteiger partial charge in [-0.25, -0.2) is 14.8 Å². The maximum Gasteiger partial charge on any atom is 0.320 e. The first-order valence-electron chi connectivity index (χ1n) is 11.4. The zero-order chi connectivity index (χ0) is 23.5. The second kappa shape index (κ2) is 9.58.